The van der Waals surface area contributed by atoms with Crippen LogP contribution in [0.2, 0.25) is 5.02 Å². The molecule has 0 saturated heterocycles. The lowest BCUT2D eigenvalue weighted by molar-refractivity contribution is 0.0964. The van der Waals surface area contributed by atoms with Crippen molar-refractivity contribution in [2.24, 2.45) is 0 Å². The third kappa shape index (κ3) is 4.31. The highest BCUT2D eigenvalue weighted by atomic mass is 35.5. The average Bonchev–Trinajstić information content (AvgIpc) is 2.26. The van der Waals surface area contributed by atoms with Crippen molar-refractivity contribution >= 4 is 17.4 Å². The van der Waals surface area contributed by atoms with E-state index in [-0.39, 0.29) is 12.4 Å². The van der Waals surface area contributed by atoms with Crippen molar-refractivity contribution in [2.45, 2.75) is 6.42 Å². The molecule has 16 heavy (non-hydrogen) atoms. The summed E-state index contributed by atoms with van der Waals surface area (Å²) in [5.74, 6) is 0.0762. The van der Waals surface area contributed by atoms with Crippen LogP contribution in [0.25, 0.3) is 0 Å². The summed E-state index contributed by atoms with van der Waals surface area (Å²) in [5, 5.41) is 9.29. The predicted octanol–water partition coefficient (Wildman–Crippen LogP) is 1.84. The van der Waals surface area contributed by atoms with Crippen LogP contribution >= 0.6 is 11.6 Å². The van der Waals surface area contributed by atoms with Crippen LogP contribution in [0.1, 0.15) is 16.8 Å². The molecule has 0 aromatic heterocycles. The molecule has 0 bridgehead atoms. The molecule has 0 unspecified atom stereocenters. The van der Waals surface area contributed by atoms with Gasteiger partial charge in [-0.3, -0.25) is 4.79 Å². The molecule has 88 valence electrons. The fraction of sp³-hybridized carbons (Fsp3) is 0.417. The number of hydrogen-bond acceptors (Lipinski definition) is 3. The number of nitrogens with zero attached hydrogens (tertiary/aromatic N) is 1. The van der Waals surface area contributed by atoms with Crippen molar-refractivity contribution in [3.63, 3.8) is 0 Å². The van der Waals surface area contributed by atoms with E-state index in [1.165, 1.54) is 0 Å². The Hall–Kier alpha value is -0.900. The summed E-state index contributed by atoms with van der Waals surface area (Å²) >= 11 is 5.81. The van der Waals surface area contributed by atoms with E-state index < -0.39 is 0 Å². The molecule has 0 fully saturated rings. The van der Waals surface area contributed by atoms with E-state index >= 15 is 0 Å². The van der Waals surface area contributed by atoms with Gasteiger partial charge in [-0.25, -0.2) is 0 Å². The molecular weight excluding hydrogens is 226 g/mol. The lowest BCUT2D eigenvalue weighted by Crippen LogP contribution is -2.24. The van der Waals surface area contributed by atoms with Crippen LogP contribution in [0.5, 0.6) is 0 Å². The summed E-state index contributed by atoms with van der Waals surface area (Å²) in [7, 11) is 1.88. The standard InChI is InChI=1S/C12H16ClNO2/c1-14(7-8-15)6-5-12(16)10-3-2-4-11(13)9-10/h2-4,9,15H,5-8H2,1H3. The molecule has 0 radical (unpaired) electrons. The highest BCUT2D eigenvalue weighted by Crippen LogP contribution is 2.12. The van der Waals surface area contributed by atoms with Crippen LogP contribution < -0.4 is 0 Å². The smallest absolute Gasteiger partial charge is 0.164 e. The van der Waals surface area contributed by atoms with Gasteiger partial charge in [0.2, 0.25) is 0 Å². The van der Waals surface area contributed by atoms with Crippen LogP contribution in [0.15, 0.2) is 24.3 Å². The van der Waals surface area contributed by atoms with Gasteiger partial charge in [-0.05, 0) is 19.2 Å². The van der Waals surface area contributed by atoms with Crippen molar-refractivity contribution in [1.29, 1.82) is 0 Å². The fourth-order valence-electron chi connectivity index (χ4n) is 1.38. The van der Waals surface area contributed by atoms with Crippen molar-refractivity contribution < 1.29 is 9.90 Å². The van der Waals surface area contributed by atoms with Gasteiger partial charge in [0, 0.05) is 30.1 Å². The van der Waals surface area contributed by atoms with Gasteiger partial charge in [0.1, 0.15) is 0 Å². The zero-order valence-electron chi connectivity index (χ0n) is 9.32. The summed E-state index contributed by atoms with van der Waals surface area (Å²) in [6.07, 6.45) is 0.441. The number of rotatable bonds is 6. The van der Waals surface area contributed by atoms with Crippen LogP contribution in [0.4, 0.5) is 0 Å². The molecule has 1 rings (SSSR count). The Labute approximate surface area is 101 Å². The molecule has 1 aromatic carbocycles. The van der Waals surface area contributed by atoms with E-state index in [1.807, 2.05) is 11.9 Å². The number of benzene rings is 1. The summed E-state index contributed by atoms with van der Waals surface area (Å²) < 4.78 is 0. The molecular formula is C12H16ClNO2. The number of likely N-dealkylation sites (N-methyl/N-ethyl adjacent to an activating group) is 1. The zero-order valence-corrected chi connectivity index (χ0v) is 10.1. The Morgan fingerprint density at radius 3 is 2.81 bits per heavy atom. The zero-order chi connectivity index (χ0) is 12.0. The summed E-state index contributed by atoms with van der Waals surface area (Å²) in [5.41, 5.74) is 0.643. The first-order valence-electron chi connectivity index (χ1n) is 5.21. The molecule has 0 atom stereocenters. The number of carbonyl (C=O) groups is 1. The van der Waals surface area contributed by atoms with Gasteiger partial charge >= 0.3 is 0 Å². The first-order valence-corrected chi connectivity index (χ1v) is 5.59. The SMILES string of the molecule is CN(CCO)CCC(=O)c1cccc(Cl)c1. The third-order valence-corrected chi connectivity index (χ3v) is 2.58. The number of hydrogen-bond donors (Lipinski definition) is 1. The Morgan fingerprint density at radius 2 is 2.19 bits per heavy atom. The number of carbonyl (C=O) groups excluding carboxylic acids is 1. The van der Waals surface area contributed by atoms with Crippen LogP contribution in [-0.4, -0.2) is 42.5 Å². The van der Waals surface area contributed by atoms with E-state index in [1.54, 1.807) is 24.3 Å². The lowest BCUT2D eigenvalue weighted by Gasteiger charge is -2.13. The molecule has 3 nitrogen and oxygen atoms in total. The van der Waals surface area contributed by atoms with E-state index in [2.05, 4.69) is 0 Å². The number of halogens is 1. The van der Waals surface area contributed by atoms with Gasteiger partial charge in [-0.15, -0.1) is 0 Å². The highest BCUT2D eigenvalue weighted by Gasteiger charge is 2.07. The highest BCUT2D eigenvalue weighted by molar-refractivity contribution is 6.31. The monoisotopic (exact) mass is 241 g/mol. The second-order valence-electron chi connectivity index (χ2n) is 3.71. The maximum absolute atomic E-state index is 11.8. The average molecular weight is 242 g/mol. The van der Waals surface area contributed by atoms with Gasteiger partial charge < -0.3 is 10.0 Å². The fourth-order valence-corrected chi connectivity index (χ4v) is 1.57. The Kier molecular flexibility index (Phi) is 5.46. The first-order chi connectivity index (χ1) is 7.63. The largest absolute Gasteiger partial charge is 0.395 e. The van der Waals surface area contributed by atoms with E-state index in [0.717, 1.165) is 0 Å². The quantitative estimate of drug-likeness (QED) is 0.773. The number of ketones is 1. The maximum Gasteiger partial charge on any atom is 0.164 e. The second-order valence-corrected chi connectivity index (χ2v) is 4.15. The van der Waals surface area contributed by atoms with Crippen LogP contribution in [-0.2, 0) is 0 Å². The van der Waals surface area contributed by atoms with Gasteiger partial charge in [0.15, 0.2) is 5.78 Å². The minimum atomic E-state index is 0.0762. The number of Topliss-reactive ketones (excluding diaryl/α,β-unsaturated/α-hetero) is 1. The number of aliphatic hydroxyl groups is 1. The molecule has 0 aliphatic heterocycles. The van der Waals surface area contributed by atoms with Gasteiger partial charge in [-0.2, -0.15) is 0 Å². The van der Waals surface area contributed by atoms with Crippen molar-refractivity contribution in [2.75, 3.05) is 26.7 Å². The minimum Gasteiger partial charge on any atom is -0.395 e. The van der Waals surface area contributed by atoms with Gasteiger partial charge in [0.05, 0.1) is 6.61 Å². The van der Waals surface area contributed by atoms with E-state index in [0.29, 0.717) is 30.1 Å². The van der Waals surface area contributed by atoms with E-state index in [4.69, 9.17) is 16.7 Å². The van der Waals surface area contributed by atoms with Crippen LogP contribution in [0.3, 0.4) is 0 Å². The topological polar surface area (TPSA) is 40.5 Å². The first kappa shape index (κ1) is 13.2. The minimum absolute atomic E-state index is 0.0762. The van der Waals surface area contributed by atoms with Gasteiger partial charge in [0.25, 0.3) is 0 Å². The number of aliphatic hydroxyl groups excluding tert-OH is 1. The van der Waals surface area contributed by atoms with E-state index in [9.17, 15) is 4.79 Å². The second kappa shape index (κ2) is 6.63. The normalized spacial score (nSPS) is 10.8. The molecule has 4 heteroatoms. The lowest BCUT2D eigenvalue weighted by atomic mass is 10.1. The molecule has 0 saturated carbocycles. The van der Waals surface area contributed by atoms with Crippen LogP contribution in [0, 0.1) is 0 Å². The molecule has 0 spiro atoms. The Balaban J connectivity index is 2.47. The summed E-state index contributed by atoms with van der Waals surface area (Å²) in [6, 6.07) is 6.96. The molecule has 0 amide bonds. The predicted molar refractivity (Wildman–Crippen MR) is 65.0 cm³/mol. The molecule has 0 heterocycles. The van der Waals surface area contributed by atoms with Gasteiger partial charge in [-0.1, -0.05) is 23.7 Å². The third-order valence-electron chi connectivity index (χ3n) is 2.35. The summed E-state index contributed by atoms with van der Waals surface area (Å²) in [4.78, 5) is 13.7. The Morgan fingerprint density at radius 1 is 1.44 bits per heavy atom. The van der Waals surface area contributed by atoms with Crippen molar-refractivity contribution in [3.8, 4) is 0 Å². The molecule has 0 aliphatic carbocycles. The van der Waals surface area contributed by atoms with Crippen molar-refractivity contribution in [3.05, 3.63) is 34.9 Å². The van der Waals surface area contributed by atoms with Crippen molar-refractivity contribution in [1.82, 2.24) is 4.90 Å². The molecule has 0 aliphatic rings. The Bertz CT molecular complexity index is 355. The summed E-state index contributed by atoms with van der Waals surface area (Å²) in [6.45, 7) is 1.34. The maximum atomic E-state index is 11.8. The molecule has 1 aromatic rings. The molecule has 1 N–H and O–H groups in total.